The predicted molar refractivity (Wildman–Crippen MR) is 97.0 cm³/mol. The van der Waals surface area contributed by atoms with E-state index in [1.807, 2.05) is 0 Å². The molecule has 0 N–H and O–H groups in total. The summed E-state index contributed by atoms with van der Waals surface area (Å²) in [5.74, 6) is -4.49. The number of aryl methyl sites for hydroxylation is 1. The van der Waals surface area contributed by atoms with E-state index in [2.05, 4.69) is 0 Å². The molecule has 0 saturated carbocycles. The average molecular weight is 396 g/mol. The van der Waals surface area contributed by atoms with Crippen LogP contribution >= 0.6 is 0 Å². The molecular formula is C21H20F4O3. The molecule has 0 heterocycles. The number of benzene rings is 2. The minimum atomic E-state index is -1.33. The molecule has 0 radical (unpaired) electrons. The molecular weight excluding hydrogens is 376 g/mol. The van der Waals surface area contributed by atoms with Crippen molar-refractivity contribution in [1.82, 2.24) is 0 Å². The van der Waals surface area contributed by atoms with E-state index in [9.17, 15) is 22.4 Å². The van der Waals surface area contributed by atoms with Crippen LogP contribution in [-0.2, 0) is 6.42 Å². The summed E-state index contributed by atoms with van der Waals surface area (Å²) in [6, 6.07) is 8.72. The van der Waals surface area contributed by atoms with E-state index in [4.69, 9.17) is 9.47 Å². The predicted octanol–water partition coefficient (Wildman–Crippen LogP) is 5.73. The van der Waals surface area contributed by atoms with Gasteiger partial charge in [0.1, 0.15) is 18.3 Å². The standard InChI is InChI=1S/C21H20F4O3/c1-2-27-18-12-11-17(19(24)20(18)25)21(26)28-16-9-7-14(8-10-16)5-3-4-6-15(23)13-22/h6-12H,2-5,13H2,1H3/b15-6-. The van der Waals surface area contributed by atoms with Crippen LogP contribution in [0.2, 0.25) is 0 Å². The summed E-state index contributed by atoms with van der Waals surface area (Å²) < 4.78 is 62.6. The molecule has 0 spiro atoms. The van der Waals surface area contributed by atoms with Crippen molar-refractivity contribution < 1.29 is 31.8 Å². The van der Waals surface area contributed by atoms with Gasteiger partial charge in [-0.2, -0.15) is 4.39 Å². The zero-order chi connectivity index (χ0) is 20.5. The molecule has 0 amide bonds. The number of carbonyl (C=O) groups is 1. The number of hydrogen-bond donors (Lipinski definition) is 0. The van der Waals surface area contributed by atoms with Gasteiger partial charge in [-0.3, -0.25) is 0 Å². The second-order valence-electron chi connectivity index (χ2n) is 5.88. The first-order valence-corrected chi connectivity index (χ1v) is 8.78. The third-order valence-corrected chi connectivity index (χ3v) is 3.86. The normalized spacial score (nSPS) is 11.4. The highest BCUT2D eigenvalue weighted by atomic mass is 19.2. The zero-order valence-corrected chi connectivity index (χ0v) is 15.3. The van der Waals surface area contributed by atoms with Crippen molar-refractivity contribution in [3.63, 3.8) is 0 Å². The molecule has 0 bridgehead atoms. The largest absolute Gasteiger partial charge is 0.491 e. The van der Waals surface area contributed by atoms with Crippen molar-refractivity contribution in [2.75, 3.05) is 13.3 Å². The van der Waals surface area contributed by atoms with Gasteiger partial charge in [0.05, 0.1) is 12.2 Å². The molecule has 7 heteroatoms. The summed E-state index contributed by atoms with van der Waals surface area (Å²) in [6.45, 7) is 0.689. The van der Waals surface area contributed by atoms with Crippen LogP contribution in [0.25, 0.3) is 0 Å². The van der Waals surface area contributed by atoms with E-state index in [0.29, 0.717) is 19.3 Å². The van der Waals surface area contributed by atoms with Crippen molar-refractivity contribution in [2.24, 2.45) is 0 Å². The Labute approximate surface area is 160 Å². The minimum absolute atomic E-state index is 0.160. The Balaban J connectivity index is 1.96. The molecule has 0 atom stereocenters. The van der Waals surface area contributed by atoms with Gasteiger partial charge in [0.2, 0.25) is 5.82 Å². The number of ether oxygens (including phenoxy) is 2. The molecule has 0 saturated heterocycles. The maximum absolute atomic E-state index is 14.0. The summed E-state index contributed by atoms with van der Waals surface area (Å²) in [5, 5.41) is 0. The SMILES string of the molecule is CCOc1ccc(C(=O)Oc2ccc(CCC/C=C(\F)CF)cc2)c(F)c1F. The number of esters is 1. The maximum Gasteiger partial charge on any atom is 0.346 e. The fourth-order valence-electron chi connectivity index (χ4n) is 2.46. The van der Waals surface area contributed by atoms with Gasteiger partial charge in [-0.25, -0.2) is 18.0 Å². The van der Waals surface area contributed by atoms with Gasteiger partial charge in [-0.15, -0.1) is 0 Å². The minimum Gasteiger partial charge on any atom is -0.491 e. The number of rotatable bonds is 9. The maximum atomic E-state index is 14.0. The van der Waals surface area contributed by atoms with Crippen LogP contribution in [0.1, 0.15) is 35.7 Å². The number of allylic oxidation sites excluding steroid dienone is 2. The Bertz CT molecular complexity index is 832. The van der Waals surface area contributed by atoms with Gasteiger partial charge < -0.3 is 9.47 Å². The average Bonchev–Trinajstić information content (AvgIpc) is 2.70. The second-order valence-corrected chi connectivity index (χ2v) is 5.88. The molecule has 2 aromatic carbocycles. The number of carbonyl (C=O) groups excluding carboxylic acids is 1. The van der Waals surface area contributed by atoms with Crippen molar-refractivity contribution in [1.29, 1.82) is 0 Å². The fraction of sp³-hybridized carbons (Fsp3) is 0.286. The van der Waals surface area contributed by atoms with Gasteiger partial charge in [-0.05, 0) is 56.0 Å². The lowest BCUT2D eigenvalue weighted by atomic mass is 10.1. The highest BCUT2D eigenvalue weighted by Gasteiger charge is 2.21. The third-order valence-electron chi connectivity index (χ3n) is 3.86. The lowest BCUT2D eigenvalue weighted by Crippen LogP contribution is -2.12. The quantitative estimate of drug-likeness (QED) is 0.235. The lowest BCUT2D eigenvalue weighted by Gasteiger charge is -2.09. The molecule has 0 aliphatic carbocycles. The topological polar surface area (TPSA) is 35.5 Å². The summed E-state index contributed by atoms with van der Waals surface area (Å²) >= 11 is 0. The number of alkyl halides is 1. The van der Waals surface area contributed by atoms with Crippen LogP contribution in [0.4, 0.5) is 17.6 Å². The van der Waals surface area contributed by atoms with Crippen LogP contribution in [0.3, 0.4) is 0 Å². The number of halogens is 4. The molecule has 3 nitrogen and oxygen atoms in total. The van der Waals surface area contributed by atoms with Crippen molar-refractivity contribution in [3.05, 3.63) is 71.1 Å². The van der Waals surface area contributed by atoms with Crippen LogP contribution in [0.15, 0.2) is 48.3 Å². The highest BCUT2D eigenvalue weighted by molar-refractivity contribution is 5.91. The molecule has 2 aromatic rings. The smallest absolute Gasteiger partial charge is 0.346 e. The van der Waals surface area contributed by atoms with E-state index < -0.39 is 35.7 Å². The van der Waals surface area contributed by atoms with E-state index in [-0.39, 0.29) is 18.1 Å². The van der Waals surface area contributed by atoms with Gasteiger partial charge in [0, 0.05) is 0 Å². The summed E-state index contributed by atoms with van der Waals surface area (Å²) in [6.07, 6.45) is 2.88. The van der Waals surface area contributed by atoms with E-state index >= 15 is 0 Å². The Morgan fingerprint density at radius 2 is 1.79 bits per heavy atom. The highest BCUT2D eigenvalue weighted by Crippen LogP contribution is 2.24. The molecule has 0 aromatic heterocycles. The Hall–Kier alpha value is -2.83. The first-order chi connectivity index (χ1) is 13.5. The zero-order valence-electron chi connectivity index (χ0n) is 15.3. The van der Waals surface area contributed by atoms with Gasteiger partial charge in [0.25, 0.3) is 0 Å². The molecule has 0 aliphatic heterocycles. The summed E-state index contributed by atoms with van der Waals surface area (Å²) in [7, 11) is 0. The molecule has 28 heavy (non-hydrogen) atoms. The van der Waals surface area contributed by atoms with Crippen LogP contribution in [0, 0.1) is 11.6 Å². The molecule has 0 fully saturated rings. The van der Waals surface area contributed by atoms with Crippen molar-refractivity contribution in [3.8, 4) is 11.5 Å². The first-order valence-electron chi connectivity index (χ1n) is 8.78. The molecule has 0 unspecified atom stereocenters. The van der Waals surface area contributed by atoms with Gasteiger partial charge in [-0.1, -0.05) is 18.2 Å². The van der Waals surface area contributed by atoms with Crippen LogP contribution in [-0.4, -0.2) is 19.3 Å². The monoisotopic (exact) mass is 396 g/mol. The Morgan fingerprint density at radius 1 is 1.07 bits per heavy atom. The van der Waals surface area contributed by atoms with Crippen molar-refractivity contribution >= 4 is 5.97 Å². The second kappa shape index (κ2) is 10.5. The number of hydrogen-bond acceptors (Lipinski definition) is 3. The fourth-order valence-corrected chi connectivity index (χ4v) is 2.46. The summed E-state index contributed by atoms with van der Waals surface area (Å²) in [4.78, 5) is 12.1. The first kappa shape index (κ1) is 21.5. The van der Waals surface area contributed by atoms with E-state index in [1.54, 1.807) is 19.1 Å². The Morgan fingerprint density at radius 3 is 2.43 bits per heavy atom. The molecule has 0 aliphatic rings. The third kappa shape index (κ3) is 5.84. The van der Waals surface area contributed by atoms with E-state index in [0.717, 1.165) is 11.6 Å². The Kier molecular flexibility index (Phi) is 8.04. The lowest BCUT2D eigenvalue weighted by molar-refractivity contribution is 0.0728. The molecule has 150 valence electrons. The molecule has 2 rings (SSSR count). The van der Waals surface area contributed by atoms with E-state index in [1.165, 1.54) is 24.3 Å². The summed E-state index contributed by atoms with van der Waals surface area (Å²) in [5.41, 5.74) is 0.374. The number of unbranched alkanes of at least 4 members (excludes halogenated alkanes) is 1. The van der Waals surface area contributed by atoms with Gasteiger partial charge >= 0.3 is 5.97 Å². The van der Waals surface area contributed by atoms with Gasteiger partial charge in [0.15, 0.2) is 11.6 Å². The van der Waals surface area contributed by atoms with Crippen LogP contribution in [0.5, 0.6) is 11.5 Å². The van der Waals surface area contributed by atoms with Crippen LogP contribution < -0.4 is 9.47 Å². The van der Waals surface area contributed by atoms with Crippen molar-refractivity contribution in [2.45, 2.75) is 26.2 Å².